The van der Waals surface area contributed by atoms with Crippen LogP contribution in [-0.2, 0) is 22.8 Å². The second-order valence-corrected chi connectivity index (χ2v) is 23.0. The Balaban J connectivity index is 2.98. The average Bonchev–Trinajstić information content (AvgIpc) is 2.32. The van der Waals surface area contributed by atoms with Crippen molar-refractivity contribution in [1.82, 2.24) is 0 Å². The standard InChI is InChI=1S/C16H36O5Si3/c1-12-14(20-23(5,6)7)13(11-18-22(2,3)4)19-16(17)15(12)21-24(8,9)10/h12-15H,11H2,1-10H3/t12-,13+,14-,15+/m0/s1. The molecule has 1 rings (SSSR count). The maximum absolute atomic E-state index is 12.5. The highest BCUT2D eigenvalue weighted by molar-refractivity contribution is 6.70. The van der Waals surface area contributed by atoms with E-state index in [1.807, 2.05) is 6.92 Å². The molecule has 1 heterocycles. The Labute approximate surface area is 150 Å². The Morgan fingerprint density at radius 2 is 1.38 bits per heavy atom. The summed E-state index contributed by atoms with van der Waals surface area (Å²) in [4.78, 5) is 12.5. The summed E-state index contributed by atoms with van der Waals surface area (Å²) < 4.78 is 24.2. The van der Waals surface area contributed by atoms with E-state index in [1.165, 1.54) is 0 Å². The zero-order valence-corrected chi connectivity index (χ0v) is 20.1. The Hall–Kier alpha value is 0.000649. The van der Waals surface area contributed by atoms with Crippen molar-refractivity contribution in [3.8, 4) is 0 Å². The molecule has 0 bridgehead atoms. The van der Waals surface area contributed by atoms with E-state index in [2.05, 4.69) is 58.9 Å². The molecule has 1 aliphatic heterocycles. The predicted molar refractivity (Wildman–Crippen MR) is 105 cm³/mol. The highest BCUT2D eigenvalue weighted by Crippen LogP contribution is 2.31. The molecule has 0 aliphatic carbocycles. The first kappa shape index (κ1) is 22.0. The molecule has 0 N–H and O–H groups in total. The summed E-state index contributed by atoms with van der Waals surface area (Å²) >= 11 is 0. The maximum Gasteiger partial charge on any atom is 0.334 e. The third-order valence-corrected chi connectivity index (χ3v) is 6.49. The van der Waals surface area contributed by atoms with Gasteiger partial charge in [-0.3, -0.25) is 0 Å². The van der Waals surface area contributed by atoms with Crippen LogP contribution in [0.4, 0.5) is 0 Å². The number of esters is 1. The highest BCUT2D eigenvalue weighted by atomic mass is 28.4. The van der Waals surface area contributed by atoms with Crippen molar-refractivity contribution >= 4 is 30.9 Å². The monoisotopic (exact) mass is 392 g/mol. The van der Waals surface area contributed by atoms with Gasteiger partial charge in [0.2, 0.25) is 0 Å². The SMILES string of the molecule is C[C@H]1[C@H](O[Si](C)(C)C)[C@@H](CO[Si](C)(C)C)OC(=O)[C@@H]1O[Si](C)(C)C. The summed E-state index contributed by atoms with van der Waals surface area (Å²) in [6.45, 7) is 21.6. The number of ether oxygens (including phenoxy) is 1. The predicted octanol–water partition coefficient (Wildman–Crippen LogP) is 3.84. The van der Waals surface area contributed by atoms with Gasteiger partial charge in [0.25, 0.3) is 0 Å². The van der Waals surface area contributed by atoms with Gasteiger partial charge in [0.05, 0.1) is 12.7 Å². The molecule has 0 aromatic rings. The van der Waals surface area contributed by atoms with Crippen molar-refractivity contribution in [3.05, 3.63) is 0 Å². The Morgan fingerprint density at radius 3 is 1.79 bits per heavy atom. The van der Waals surface area contributed by atoms with Crippen LogP contribution in [0.5, 0.6) is 0 Å². The van der Waals surface area contributed by atoms with Crippen molar-refractivity contribution in [2.45, 2.75) is 84.2 Å². The second-order valence-electron chi connectivity index (χ2n) is 9.60. The van der Waals surface area contributed by atoms with Gasteiger partial charge in [-0.2, -0.15) is 0 Å². The van der Waals surface area contributed by atoms with E-state index in [1.54, 1.807) is 0 Å². The molecular weight excluding hydrogens is 356 g/mol. The summed E-state index contributed by atoms with van der Waals surface area (Å²) in [5.41, 5.74) is 0. The topological polar surface area (TPSA) is 54.0 Å². The van der Waals surface area contributed by atoms with E-state index in [-0.39, 0.29) is 24.1 Å². The molecule has 0 aromatic carbocycles. The molecule has 1 saturated heterocycles. The molecule has 0 saturated carbocycles. The van der Waals surface area contributed by atoms with Gasteiger partial charge in [0, 0.05) is 5.92 Å². The lowest BCUT2D eigenvalue weighted by Gasteiger charge is -2.44. The fraction of sp³-hybridized carbons (Fsp3) is 0.938. The summed E-state index contributed by atoms with van der Waals surface area (Å²) in [5, 5.41) is 0. The van der Waals surface area contributed by atoms with E-state index < -0.39 is 31.1 Å². The molecule has 4 atom stereocenters. The van der Waals surface area contributed by atoms with Gasteiger partial charge in [-0.1, -0.05) is 6.92 Å². The normalized spacial score (nSPS) is 29.5. The number of rotatable bonds is 7. The van der Waals surface area contributed by atoms with Gasteiger partial charge in [-0.25, -0.2) is 4.79 Å². The lowest BCUT2D eigenvalue weighted by molar-refractivity contribution is -0.188. The van der Waals surface area contributed by atoms with Gasteiger partial charge in [0.1, 0.15) is 12.2 Å². The van der Waals surface area contributed by atoms with E-state index >= 15 is 0 Å². The molecule has 142 valence electrons. The smallest absolute Gasteiger partial charge is 0.334 e. The zero-order chi connectivity index (χ0) is 18.9. The zero-order valence-electron chi connectivity index (χ0n) is 17.1. The largest absolute Gasteiger partial charge is 0.455 e. The van der Waals surface area contributed by atoms with Gasteiger partial charge in [-0.05, 0) is 58.9 Å². The van der Waals surface area contributed by atoms with Crippen LogP contribution in [0.25, 0.3) is 0 Å². The molecular formula is C16H36O5Si3. The lowest BCUT2D eigenvalue weighted by atomic mass is 9.91. The summed E-state index contributed by atoms with van der Waals surface area (Å²) in [7, 11) is -5.34. The summed E-state index contributed by atoms with van der Waals surface area (Å²) in [6, 6.07) is 0. The van der Waals surface area contributed by atoms with Crippen LogP contribution in [-0.4, -0.2) is 55.8 Å². The quantitative estimate of drug-likeness (QED) is 0.487. The number of hydrogen-bond acceptors (Lipinski definition) is 5. The molecule has 1 fully saturated rings. The fourth-order valence-corrected chi connectivity index (χ4v) is 5.52. The van der Waals surface area contributed by atoms with Crippen molar-refractivity contribution < 1.29 is 22.8 Å². The van der Waals surface area contributed by atoms with Crippen LogP contribution >= 0.6 is 0 Å². The Morgan fingerprint density at radius 1 is 0.875 bits per heavy atom. The fourth-order valence-electron chi connectivity index (χ4n) is 2.60. The molecule has 1 aliphatic rings. The van der Waals surface area contributed by atoms with E-state index in [9.17, 15) is 4.79 Å². The van der Waals surface area contributed by atoms with Crippen LogP contribution < -0.4 is 0 Å². The minimum Gasteiger partial charge on any atom is -0.455 e. The minimum absolute atomic E-state index is 0.0417. The number of hydrogen-bond donors (Lipinski definition) is 0. The third kappa shape index (κ3) is 7.49. The third-order valence-electron chi connectivity index (χ3n) is 3.51. The van der Waals surface area contributed by atoms with Crippen molar-refractivity contribution in [2.75, 3.05) is 6.61 Å². The van der Waals surface area contributed by atoms with Crippen LogP contribution in [0.2, 0.25) is 58.9 Å². The average molecular weight is 393 g/mol. The molecule has 0 amide bonds. The molecule has 0 spiro atoms. The Kier molecular flexibility index (Phi) is 7.08. The van der Waals surface area contributed by atoms with Gasteiger partial charge in [0.15, 0.2) is 25.0 Å². The second kappa shape index (κ2) is 7.71. The summed E-state index contributed by atoms with van der Waals surface area (Å²) in [6.07, 6.45) is -1.07. The Bertz CT molecular complexity index is 434. The van der Waals surface area contributed by atoms with E-state index in [0.717, 1.165) is 0 Å². The van der Waals surface area contributed by atoms with E-state index in [0.29, 0.717) is 6.61 Å². The first-order valence-electron chi connectivity index (χ1n) is 8.79. The van der Waals surface area contributed by atoms with Crippen LogP contribution in [0, 0.1) is 5.92 Å². The van der Waals surface area contributed by atoms with Gasteiger partial charge in [-0.15, -0.1) is 0 Å². The van der Waals surface area contributed by atoms with Gasteiger partial charge < -0.3 is 18.0 Å². The molecule has 0 unspecified atom stereocenters. The van der Waals surface area contributed by atoms with Crippen molar-refractivity contribution in [1.29, 1.82) is 0 Å². The highest BCUT2D eigenvalue weighted by Gasteiger charge is 2.48. The maximum atomic E-state index is 12.5. The molecule has 24 heavy (non-hydrogen) atoms. The van der Waals surface area contributed by atoms with Crippen LogP contribution in [0.15, 0.2) is 0 Å². The number of carbonyl (C=O) groups is 1. The van der Waals surface area contributed by atoms with Crippen LogP contribution in [0.3, 0.4) is 0 Å². The molecule has 0 radical (unpaired) electrons. The number of carbonyl (C=O) groups excluding carboxylic acids is 1. The lowest BCUT2D eigenvalue weighted by Crippen LogP contribution is -2.58. The molecule has 0 aromatic heterocycles. The first-order chi connectivity index (χ1) is 10.6. The molecule has 8 heteroatoms. The minimum atomic E-state index is -1.86. The van der Waals surface area contributed by atoms with Crippen molar-refractivity contribution in [2.24, 2.45) is 5.92 Å². The number of cyclic esters (lactones) is 1. The summed E-state index contributed by atoms with van der Waals surface area (Å²) in [5.74, 6) is -0.315. The van der Waals surface area contributed by atoms with E-state index in [4.69, 9.17) is 18.0 Å². The molecule has 5 nitrogen and oxygen atoms in total. The van der Waals surface area contributed by atoms with Crippen LogP contribution in [0.1, 0.15) is 6.92 Å². The van der Waals surface area contributed by atoms with Crippen molar-refractivity contribution in [3.63, 3.8) is 0 Å². The van der Waals surface area contributed by atoms with Gasteiger partial charge >= 0.3 is 5.97 Å². The first-order valence-corrected chi connectivity index (χ1v) is 19.0.